The molecule has 0 saturated heterocycles. The van der Waals surface area contributed by atoms with Gasteiger partial charge >= 0.3 is 5.97 Å². The number of nitrogens with one attached hydrogen (secondary N) is 1. The second-order valence-electron chi connectivity index (χ2n) is 2.94. The molecule has 1 aromatic rings. The highest BCUT2D eigenvalue weighted by molar-refractivity contribution is 9.11. The number of halogens is 1. The van der Waals surface area contributed by atoms with Gasteiger partial charge in [0.05, 0.1) is 5.56 Å². The average molecular weight is 285 g/mol. The third-order valence-electron chi connectivity index (χ3n) is 1.68. The summed E-state index contributed by atoms with van der Waals surface area (Å²) in [6.45, 7) is 3.85. The van der Waals surface area contributed by atoms with Crippen LogP contribution in [-0.4, -0.2) is 28.5 Å². The first-order valence-corrected chi connectivity index (χ1v) is 5.11. The quantitative estimate of drug-likeness (QED) is 0.876. The summed E-state index contributed by atoms with van der Waals surface area (Å²) in [6.07, 6.45) is 1.14. The summed E-state index contributed by atoms with van der Waals surface area (Å²) >= 11 is 3.10. The lowest BCUT2D eigenvalue weighted by molar-refractivity contribution is 0.0695. The number of rotatable bonds is 4. The zero-order chi connectivity index (χ0) is 12.1. The number of hydrogen-bond acceptors (Lipinski definition) is 3. The predicted octanol–water partition coefficient (Wildman–Crippen LogP) is 1.42. The fourth-order valence-corrected chi connectivity index (χ4v) is 1.06. The van der Waals surface area contributed by atoms with Crippen LogP contribution in [0.1, 0.15) is 20.8 Å². The summed E-state index contributed by atoms with van der Waals surface area (Å²) in [5.41, 5.74) is 0.209. The number of amides is 1. The molecule has 0 unspecified atom stereocenters. The van der Waals surface area contributed by atoms with Gasteiger partial charge in [-0.15, -0.1) is 0 Å². The summed E-state index contributed by atoms with van der Waals surface area (Å²) < 4.78 is 0.642. The minimum absolute atomic E-state index is 0.0430. The Kier molecular flexibility index (Phi) is 4.19. The predicted molar refractivity (Wildman–Crippen MR) is 61.6 cm³/mol. The number of carbonyl (C=O) groups is 2. The van der Waals surface area contributed by atoms with E-state index >= 15 is 0 Å². The molecule has 0 fully saturated rings. The standard InChI is InChI=1S/C10H9BrN2O3/c1-6(11)4-13-9(14)8-3-2-7(5-12-8)10(15)16/h2-3,5H,1,4H2,(H,13,14)(H,15,16). The van der Waals surface area contributed by atoms with E-state index in [0.29, 0.717) is 11.0 Å². The molecule has 1 amide bonds. The van der Waals surface area contributed by atoms with Crippen molar-refractivity contribution in [1.29, 1.82) is 0 Å². The first kappa shape index (κ1) is 12.4. The van der Waals surface area contributed by atoms with Crippen LogP contribution in [0.25, 0.3) is 0 Å². The smallest absolute Gasteiger partial charge is 0.337 e. The van der Waals surface area contributed by atoms with Gasteiger partial charge in [0, 0.05) is 17.2 Å². The van der Waals surface area contributed by atoms with Gasteiger partial charge in [-0.2, -0.15) is 0 Å². The Morgan fingerprint density at radius 3 is 2.62 bits per heavy atom. The highest BCUT2D eigenvalue weighted by atomic mass is 79.9. The van der Waals surface area contributed by atoms with E-state index in [9.17, 15) is 9.59 Å². The molecule has 0 aromatic carbocycles. The molecule has 0 saturated carbocycles. The molecule has 0 aliphatic rings. The molecule has 1 heterocycles. The first-order chi connectivity index (χ1) is 7.50. The Hall–Kier alpha value is -1.69. The maximum atomic E-state index is 11.4. The molecule has 0 radical (unpaired) electrons. The average Bonchev–Trinajstić information content (AvgIpc) is 2.26. The lowest BCUT2D eigenvalue weighted by Gasteiger charge is -2.03. The van der Waals surface area contributed by atoms with Gasteiger partial charge in [0.15, 0.2) is 0 Å². The number of pyridine rings is 1. The summed E-state index contributed by atoms with van der Waals surface area (Å²) in [5, 5.41) is 11.2. The third kappa shape index (κ3) is 3.47. The first-order valence-electron chi connectivity index (χ1n) is 4.31. The molecule has 0 aliphatic heterocycles. The molecule has 16 heavy (non-hydrogen) atoms. The number of aromatic nitrogens is 1. The van der Waals surface area contributed by atoms with Crippen LogP contribution in [0.15, 0.2) is 29.4 Å². The SMILES string of the molecule is C=C(Br)CNC(=O)c1ccc(C(=O)O)cn1. The van der Waals surface area contributed by atoms with Crippen LogP contribution in [0, 0.1) is 0 Å². The van der Waals surface area contributed by atoms with Gasteiger partial charge < -0.3 is 10.4 Å². The van der Waals surface area contributed by atoms with E-state index in [-0.39, 0.29) is 17.2 Å². The van der Waals surface area contributed by atoms with Crippen LogP contribution < -0.4 is 5.32 Å². The van der Waals surface area contributed by atoms with Crippen molar-refractivity contribution in [1.82, 2.24) is 10.3 Å². The van der Waals surface area contributed by atoms with E-state index in [2.05, 4.69) is 32.8 Å². The summed E-state index contributed by atoms with van der Waals surface area (Å²) in [7, 11) is 0. The van der Waals surface area contributed by atoms with Gasteiger partial charge in [0.1, 0.15) is 5.69 Å². The number of aromatic carboxylic acids is 1. The van der Waals surface area contributed by atoms with Gasteiger partial charge in [-0.25, -0.2) is 4.79 Å². The Morgan fingerprint density at radius 2 is 2.19 bits per heavy atom. The third-order valence-corrected chi connectivity index (χ3v) is 1.96. The van der Waals surface area contributed by atoms with Crippen molar-refractivity contribution in [2.45, 2.75) is 0 Å². The maximum Gasteiger partial charge on any atom is 0.337 e. The molecule has 0 bridgehead atoms. The Morgan fingerprint density at radius 1 is 1.50 bits per heavy atom. The molecule has 0 atom stereocenters. The zero-order valence-corrected chi connectivity index (χ0v) is 9.82. The molecule has 1 rings (SSSR count). The van der Waals surface area contributed by atoms with Crippen LogP contribution in [0.5, 0.6) is 0 Å². The van der Waals surface area contributed by atoms with Crippen LogP contribution in [0.2, 0.25) is 0 Å². The molecular weight excluding hydrogens is 276 g/mol. The fraction of sp³-hybridized carbons (Fsp3) is 0.100. The monoisotopic (exact) mass is 284 g/mol. The van der Waals surface area contributed by atoms with Crippen molar-refractivity contribution in [3.8, 4) is 0 Å². The molecule has 6 heteroatoms. The van der Waals surface area contributed by atoms with Gasteiger partial charge in [0.25, 0.3) is 5.91 Å². The fourth-order valence-electron chi connectivity index (χ4n) is 0.921. The lowest BCUT2D eigenvalue weighted by atomic mass is 10.2. The van der Waals surface area contributed by atoms with Crippen LogP contribution in [-0.2, 0) is 0 Å². The minimum Gasteiger partial charge on any atom is -0.478 e. The number of carboxylic acid groups (broad SMARTS) is 1. The number of hydrogen-bond donors (Lipinski definition) is 2. The van der Waals surface area contributed by atoms with E-state index in [0.717, 1.165) is 6.20 Å². The van der Waals surface area contributed by atoms with E-state index in [1.54, 1.807) is 0 Å². The normalized spacial score (nSPS) is 9.56. The number of nitrogens with zero attached hydrogens (tertiary/aromatic N) is 1. The topological polar surface area (TPSA) is 79.3 Å². The maximum absolute atomic E-state index is 11.4. The Bertz CT molecular complexity index is 428. The second kappa shape index (κ2) is 5.41. The van der Waals surface area contributed by atoms with Crippen molar-refractivity contribution < 1.29 is 14.7 Å². The van der Waals surface area contributed by atoms with Gasteiger partial charge in [0.2, 0.25) is 0 Å². The van der Waals surface area contributed by atoms with Crippen LogP contribution in [0.4, 0.5) is 0 Å². The Balaban J connectivity index is 2.70. The highest BCUT2D eigenvalue weighted by Gasteiger charge is 2.08. The van der Waals surface area contributed by atoms with E-state index < -0.39 is 5.97 Å². The molecule has 2 N–H and O–H groups in total. The molecule has 0 aliphatic carbocycles. The zero-order valence-electron chi connectivity index (χ0n) is 8.24. The molecule has 1 aromatic heterocycles. The van der Waals surface area contributed by atoms with Crippen molar-refractivity contribution in [2.75, 3.05) is 6.54 Å². The van der Waals surface area contributed by atoms with Gasteiger partial charge in [-0.05, 0) is 12.1 Å². The minimum atomic E-state index is -1.08. The van der Waals surface area contributed by atoms with E-state index in [4.69, 9.17) is 5.11 Å². The molecule has 84 valence electrons. The van der Waals surface area contributed by atoms with Crippen LogP contribution >= 0.6 is 15.9 Å². The van der Waals surface area contributed by atoms with E-state index in [1.165, 1.54) is 12.1 Å². The Labute approximate surface area is 100 Å². The van der Waals surface area contributed by atoms with E-state index in [1.807, 2.05) is 0 Å². The van der Waals surface area contributed by atoms with Crippen molar-refractivity contribution in [3.63, 3.8) is 0 Å². The second-order valence-corrected chi connectivity index (χ2v) is 4.06. The van der Waals surface area contributed by atoms with Crippen molar-refractivity contribution in [2.24, 2.45) is 0 Å². The summed E-state index contributed by atoms with van der Waals surface area (Å²) in [5.74, 6) is -1.45. The summed E-state index contributed by atoms with van der Waals surface area (Å²) in [4.78, 5) is 25.7. The number of carbonyl (C=O) groups excluding carboxylic acids is 1. The van der Waals surface area contributed by atoms with Crippen LogP contribution in [0.3, 0.4) is 0 Å². The molecule has 0 spiro atoms. The largest absolute Gasteiger partial charge is 0.478 e. The highest BCUT2D eigenvalue weighted by Crippen LogP contribution is 2.02. The lowest BCUT2D eigenvalue weighted by Crippen LogP contribution is -2.25. The summed E-state index contributed by atoms with van der Waals surface area (Å²) in [6, 6.07) is 2.68. The molecule has 5 nitrogen and oxygen atoms in total. The van der Waals surface area contributed by atoms with Crippen molar-refractivity contribution >= 4 is 27.8 Å². The van der Waals surface area contributed by atoms with Gasteiger partial charge in [-0.3, -0.25) is 9.78 Å². The van der Waals surface area contributed by atoms with Crippen molar-refractivity contribution in [3.05, 3.63) is 40.6 Å². The molecular formula is C10H9BrN2O3. The van der Waals surface area contributed by atoms with Gasteiger partial charge in [-0.1, -0.05) is 22.5 Å². The number of carboxylic acids is 1.